The van der Waals surface area contributed by atoms with Gasteiger partial charge in [0.05, 0.1) is 11.4 Å². The van der Waals surface area contributed by atoms with Crippen molar-refractivity contribution >= 4 is 0 Å². The molecule has 1 aromatic heterocycles. The van der Waals surface area contributed by atoms with Crippen LogP contribution in [0.2, 0.25) is 0 Å². The molecule has 1 heterocycles. The molecule has 1 aromatic rings. The third-order valence-electron chi connectivity index (χ3n) is 3.17. The van der Waals surface area contributed by atoms with E-state index < -0.39 is 0 Å². The molecule has 0 amide bonds. The standard InChI is InChI=1S/C12H18N2/c1-12(2)6-3-4-10-11(5-7-12)14-9-8-13-10/h8-9H,3-7H2,1-2H3. The molecule has 0 N–H and O–H groups in total. The predicted molar refractivity (Wildman–Crippen MR) is 57.1 cm³/mol. The van der Waals surface area contributed by atoms with Crippen molar-refractivity contribution in [2.75, 3.05) is 0 Å². The average molecular weight is 190 g/mol. The Morgan fingerprint density at radius 2 is 1.64 bits per heavy atom. The molecule has 0 saturated heterocycles. The molecule has 0 unspecified atom stereocenters. The second-order valence-electron chi connectivity index (χ2n) is 4.97. The van der Waals surface area contributed by atoms with E-state index in [2.05, 4.69) is 23.8 Å². The van der Waals surface area contributed by atoms with E-state index in [1.807, 2.05) is 12.4 Å². The molecule has 0 spiro atoms. The van der Waals surface area contributed by atoms with Crippen molar-refractivity contribution in [2.45, 2.75) is 46.0 Å². The van der Waals surface area contributed by atoms with Gasteiger partial charge in [0, 0.05) is 12.4 Å². The fourth-order valence-corrected chi connectivity index (χ4v) is 2.13. The Bertz CT molecular complexity index is 318. The van der Waals surface area contributed by atoms with Crippen LogP contribution in [0.25, 0.3) is 0 Å². The van der Waals surface area contributed by atoms with Crippen molar-refractivity contribution < 1.29 is 0 Å². The van der Waals surface area contributed by atoms with Gasteiger partial charge in [-0.2, -0.15) is 0 Å². The maximum Gasteiger partial charge on any atom is 0.0618 e. The average Bonchev–Trinajstić information content (AvgIpc) is 2.14. The molecule has 1 aliphatic rings. The van der Waals surface area contributed by atoms with Crippen LogP contribution >= 0.6 is 0 Å². The van der Waals surface area contributed by atoms with Gasteiger partial charge in [0.1, 0.15) is 0 Å². The molecule has 2 nitrogen and oxygen atoms in total. The maximum atomic E-state index is 4.42. The van der Waals surface area contributed by atoms with Gasteiger partial charge in [0.25, 0.3) is 0 Å². The molecule has 0 aliphatic heterocycles. The van der Waals surface area contributed by atoms with E-state index in [4.69, 9.17) is 0 Å². The number of hydrogen-bond donors (Lipinski definition) is 0. The minimum Gasteiger partial charge on any atom is -0.258 e. The largest absolute Gasteiger partial charge is 0.258 e. The number of rotatable bonds is 0. The highest BCUT2D eigenvalue weighted by atomic mass is 14.8. The van der Waals surface area contributed by atoms with Gasteiger partial charge in [0.15, 0.2) is 0 Å². The zero-order valence-corrected chi connectivity index (χ0v) is 9.08. The summed E-state index contributed by atoms with van der Waals surface area (Å²) in [5.74, 6) is 0. The van der Waals surface area contributed by atoms with Gasteiger partial charge in [-0.1, -0.05) is 13.8 Å². The van der Waals surface area contributed by atoms with Crippen molar-refractivity contribution in [2.24, 2.45) is 5.41 Å². The van der Waals surface area contributed by atoms with Gasteiger partial charge >= 0.3 is 0 Å². The van der Waals surface area contributed by atoms with E-state index in [1.165, 1.54) is 30.7 Å². The lowest BCUT2D eigenvalue weighted by molar-refractivity contribution is 0.291. The van der Waals surface area contributed by atoms with E-state index in [0.717, 1.165) is 12.8 Å². The number of nitrogens with zero attached hydrogens (tertiary/aromatic N) is 2. The first-order valence-electron chi connectivity index (χ1n) is 5.46. The number of hydrogen-bond acceptors (Lipinski definition) is 2. The summed E-state index contributed by atoms with van der Waals surface area (Å²) >= 11 is 0. The molecule has 0 aromatic carbocycles. The third-order valence-corrected chi connectivity index (χ3v) is 3.17. The van der Waals surface area contributed by atoms with Gasteiger partial charge in [-0.25, -0.2) is 0 Å². The lowest BCUT2D eigenvalue weighted by Gasteiger charge is -2.26. The van der Waals surface area contributed by atoms with Crippen molar-refractivity contribution in [3.05, 3.63) is 23.8 Å². The Hall–Kier alpha value is -0.920. The molecule has 0 bridgehead atoms. The number of fused-ring (bicyclic) bond motifs is 1. The number of aromatic nitrogens is 2. The molecule has 0 fully saturated rings. The summed E-state index contributed by atoms with van der Waals surface area (Å²) < 4.78 is 0. The third kappa shape index (κ3) is 2.11. The van der Waals surface area contributed by atoms with E-state index in [-0.39, 0.29) is 0 Å². The molecule has 2 heteroatoms. The summed E-state index contributed by atoms with van der Waals surface area (Å²) in [7, 11) is 0. The molecular weight excluding hydrogens is 172 g/mol. The van der Waals surface area contributed by atoms with Crippen molar-refractivity contribution in [3.63, 3.8) is 0 Å². The monoisotopic (exact) mass is 190 g/mol. The lowest BCUT2D eigenvalue weighted by atomic mass is 9.80. The Morgan fingerprint density at radius 3 is 2.36 bits per heavy atom. The normalized spacial score (nSPS) is 20.7. The number of aryl methyl sites for hydroxylation is 2. The second kappa shape index (κ2) is 3.68. The van der Waals surface area contributed by atoms with Gasteiger partial charge in [-0.15, -0.1) is 0 Å². The molecule has 2 rings (SSSR count). The van der Waals surface area contributed by atoms with E-state index in [9.17, 15) is 0 Å². The fraction of sp³-hybridized carbons (Fsp3) is 0.667. The quantitative estimate of drug-likeness (QED) is 0.628. The molecular formula is C12H18N2. The Morgan fingerprint density at radius 1 is 1.00 bits per heavy atom. The van der Waals surface area contributed by atoms with Crippen LogP contribution in [0.5, 0.6) is 0 Å². The minimum atomic E-state index is 0.481. The van der Waals surface area contributed by atoms with Crippen LogP contribution < -0.4 is 0 Å². The van der Waals surface area contributed by atoms with E-state index in [1.54, 1.807) is 0 Å². The van der Waals surface area contributed by atoms with Crippen LogP contribution in [-0.4, -0.2) is 9.97 Å². The lowest BCUT2D eigenvalue weighted by Crippen LogP contribution is -2.17. The summed E-state index contributed by atoms with van der Waals surface area (Å²) in [6.07, 6.45) is 9.61. The molecule has 1 aliphatic carbocycles. The van der Waals surface area contributed by atoms with E-state index >= 15 is 0 Å². The minimum absolute atomic E-state index is 0.481. The molecule has 76 valence electrons. The van der Waals surface area contributed by atoms with Gasteiger partial charge in [-0.05, 0) is 37.5 Å². The highest BCUT2D eigenvalue weighted by Gasteiger charge is 2.21. The predicted octanol–water partition coefficient (Wildman–Crippen LogP) is 2.77. The van der Waals surface area contributed by atoms with Crippen molar-refractivity contribution in [1.82, 2.24) is 9.97 Å². The Labute approximate surface area is 85.8 Å². The first kappa shape index (κ1) is 9.63. The van der Waals surface area contributed by atoms with Crippen LogP contribution in [0.15, 0.2) is 12.4 Å². The Balaban J connectivity index is 2.21. The Kier molecular flexibility index (Phi) is 2.53. The van der Waals surface area contributed by atoms with Crippen molar-refractivity contribution in [3.8, 4) is 0 Å². The van der Waals surface area contributed by atoms with Crippen molar-refractivity contribution in [1.29, 1.82) is 0 Å². The first-order chi connectivity index (χ1) is 6.67. The van der Waals surface area contributed by atoms with Crippen LogP contribution in [0.4, 0.5) is 0 Å². The highest BCUT2D eigenvalue weighted by Crippen LogP contribution is 2.31. The zero-order chi connectivity index (χ0) is 10.0. The van der Waals surface area contributed by atoms with Gasteiger partial charge < -0.3 is 0 Å². The van der Waals surface area contributed by atoms with Crippen LogP contribution in [0.1, 0.15) is 44.5 Å². The summed E-state index contributed by atoms with van der Waals surface area (Å²) in [4.78, 5) is 8.83. The second-order valence-corrected chi connectivity index (χ2v) is 4.97. The summed E-state index contributed by atoms with van der Waals surface area (Å²) in [5.41, 5.74) is 2.93. The van der Waals surface area contributed by atoms with Gasteiger partial charge in [0.2, 0.25) is 0 Å². The summed E-state index contributed by atoms with van der Waals surface area (Å²) in [6.45, 7) is 4.71. The van der Waals surface area contributed by atoms with Crippen LogP contribution in [0.3, 0.4) is 0 Å². The first-order valence-corrected chi connectivity index (χ1v) is 5.46. The summed E-state index contributed by atoms with van der Waals surface area (Å²) in [5, 5.41) is 0. The van der Waals surface area contributed by atoms with Crippen LogP contribution in [0, 0.1) is 5.41 Å². The molecule has 0 atom stereocenters. The smallest absolute Gasteiger partial charge is 0.0618 e. The summed E-state index contributed by atoms with van der Waals surface area (Å²) in [6, 6.07) is 0. The van der Waals surface area contributed by atoms with Gasteiger partial charge in [-0.3, -0.25) is 9.97 Å². The SMILES string of the molecule is CC1(C)CCCc2nccnc2CC1. The fourth-order valence-electron chi connectivity index (χ4n) is 2.13. The zero-order valence-electron chi connectivity index (χ0n) is 9.08. The highest BCUT2D eigenvalue weighted by molar-refractivity contribution is 5.12. The molecule has 14 heavy (non-hydrogen) atoms. The molecule has 0 saturated carbocycles. The van der Waals surface area contributed by atoms with Crippen LogP contribution in [-0.2, 0) is 12.8 Å². The topological polar surface area (TPSA) is 25.8 Å². The molecule has 0 radical (unpaired) electrons. The maximum absolute atomic E-state index is 4.42. The van der Waals surface area contributed by atoms with E-state index in [0.29, 0.717) is 5.41 Å².